The summed E-state index contributed by atoms with van der Waals surface area (Å²) >= 11 is 0. The van der Waals surface area contributed by atoms with Gasteiger partial charge < -0.3 is 0 Å². The molecular weight excluding hydrogens is 432 g/mol. The van der Waals surface area contributed by atoms with Gasteiger partial charge in [-0.15, -0.1) is 0 Å². The van der Waals surface area contributed by atoms with Gasteiger partial charge in [-0.1, -0.05) is 109 Å². The molecule has 8 aromatic rings. The van der Waals surface area contributed by atoms with E-state index in [2.05, 4.69) is 109 Å². The second-order valence-corrected chi connectivity index (χ2v) is 9.39. The second kappa shape index (κ2) is 8.52. The minimum Gasteiger partial charge on any atom is -0.0623 e. The Morgan fingerprint density at radius 1 is 0.194 bits per heavy atom. The minimum atomic E-state index is 1.29. The van der Waals surface area contributed by atoms with Gasteiger partial charge in [0.1, 0.15) is 0 Å². The maximum Gasteiger partial charge on any atom is -0.00923 e. The fourth-order valence-corrected chi connectivity index (χ4v) is 5.44. The van der Waals surface area contributed by atoms with Gasteiger partial charge in [0.05, 0.1) is 0 Å². The van der Waals surface area contributed by atoms with Gasteiger partial charge in [-0.25, -0.2) is 0 Å². The van der Waals surface area contributed by atoms with Crippen molar-refractivity contribution in [3.05, 3.63) is 146 Å². The number of benzene rings is 8. The number of rotatable bonds is 0. The summed E-state index contributed by atoms with van der Waals surface area (Å²) in [6.07, 6.45) is 0. The van der Waals surface area contributed by atoms with E-state index in [-0.39, 0.29) is 0 Å². The first-order valence-electron chi connectivity index (χ1n) is 12.4. The number of hydrogen-bond donors (Lipinski definition) is 0. The zero-order valence-corrected chi connectivity index (χ0v) is 19.9. The smallest absolute Gasteiger partial charge is 0.00923 e. The van der Waals surface area contributed by atoms with Crippen LogP contribution in [-0.2, 0) is 0 Å². The van der Waals surface area contributed by atoms with Gasteiger partial charge in [-0.2, -0.15) is 0 Å². The van der Waals surface area contributed by atoms with E-state index in [1.54, 1.807) is 0 Å². The maximum atomic E-state index is 2.37. The summed E-state index contributed by atoms with van der Waals surface area (Å²) in [7, 11) is 0. The predicted octanol–water partition coefficient (Wildman–Crippen LogP) is 10.3. The van der Waals surface area contributed by atoms with Crippen molar-refractivity contribution in [3.8, 4) is 0 Å². The van der Waals surface area contributed by atoms with Crippen LogP contribution < -0.4 is 0 Å². The van der Waals surface area contributed by atoms with Gasteiger partial charge >= 0.3 is 0 Å². The topological polar surface area (TPSA) is 0 Å². The highest BCUT2D eigenvalue weighted by atomic mass is 14.2. The van der Waals surface area contributed by atoms with E-state index in [1.807, 2.05) is 36.4 Å². The average Bonchev–Trinajstić information content (AvgIpc) is 2.96. The summed E-state index contributed by atoms with van der Waals surface area (Å²) in [6.45, 7) is 0. The van der Waals surface area contributed by atoms with Crippen molar-refractivity contribution >= 4 is 64.6 Å². The third-order valence-corrected chi connectivity index (χ3v) is 7.19. The van der Waals surface area contributed by atoms with Crippen LogP contribution in [0.1, 0.15) is 0 Å². The van der Waals surface area contributed by atoms with Crippen molar-refractivity contribution < 1.29 is 0 Å². The SMILES string of the molecule is c1ccc2cc3c(cc2c1)c1cc2ccccc2cc1c1cc2ccccc2cc31.c1ccccc1. The van der Waals surface area contributed by atoms with Gasteiger partial charge in [0.2, 0.25) is 0 Å². The summed E-state index contributed by atoms with van der Waals surface area (Å²) in [5.74, 6) is 0. The molecule has 0 heteroatoms. The van der Waals surface area contributed by atoms with E-state index in [0.29, 0.717) is 0 Å². The maximum absolute atomic E-state index is 2.37. The normalized spacial score (nSPS) is 11.3. The Morgan fingerprint density at radius 3 is 0.528 bits per heavy atom. The number of hydrogen-bond acceptors (Lipinski definition) is 0. The van der Waals surface area contributed by atoms with E-state index in [9.17, 15) is 0 Å². The summed E-state index contributed by atoms with van der Waals surface area (Å²) < 4.78 is 0. The fraction of sp³-hybridized carbons (Fsp3) is 0. The van der Waals surface area contributed by atoms with Crippen LogP contribution >= 0.6 is 0 Å². The highest BCUT2D eigenvalue weighted by Gasteiger charge is 2.12. The minimum absolute atomic E-state index is 1.29. The van der Waals surface area contributed by atoms with Crippen LogP contribution in [0.5, 0.6) is 0 Å². The molecule has 8 aromatic carbocycles. The molecule has 0 aliphatic carbocycles. The zero-order chi connectivity index (χ0) is 23.9. The molecule has 0 aliphatic heterocycles. The molecule has 0 unspecified atom stereocenters. The molecule has 8 rings (SSSR count). The van der Waals surface area contributed by atoms with E-state index < -0.39 is 0 Å². The van der Waals surface area contributed by atoms with E-state index in [1.165, 1.54) is 64.6 Å². The lowest BCUT2D eigenvalue weighted by Gasteiger charge is -2.14. The van der Waals surface area contributed by atoms with Crippen molar-refractivity contribution in [2.45, 2.75) is 0 Å². The standard InChI is InChI=1S/C30H18.C6H6/c1-2-8-20-14-26-25(13-19(20)7-1)27-15-21-9-3-4-11-23(21)17-29(27)30-18-24-12-6-5-10-22(24)16-28(26)30;1-2-4-6-5-3-1/h1-18H;1-6H. The lowest BCUT2D eigenvalue weighted by Crippen LogP contribution is -1.86. The zero-order valence-electron chi connectivity index (χ0n) is 19.9. The summed E-state index contributed by atoms with van der Waals surface area (Å²) in [6, 6.07) is 52.3. The van der Waals surface area contributed by atoms with Crippen molar-refractivity contribution in [1.29, 1.82) is 0 Å². The third kappa shape index (κ3) is 3.47. The number of fused-ring (bicyclic) bond motifs is 9. The summed E-state index contributed by atoms with van der Waals surface area (Å²) in [4.78, 5) is 0. The highest BCUT2D eigenvalue weighted by Crippen LogP contribution is 2.40. The molecule has 0 saturated carbocycles. The van der Waals surface area contributed by atoms with E-state index in [0.717, 1.165) is 0 Å². The Morgan fingerprint density at radius 2 is 0.361 bits per heavy atom. The highest BCUT2D eigenvalue weighted by molar-refractivity contribution is 6.30. The molecular formula is C36H24. The van der Waals surface area contributed by atoms with Crippen LogP contribution in [0, 0.1) is 0 Å². The molecule has 0 amide bonds. The molecule has 0 spiro atoms. The molecule has 0 radical (unpaired) electrons. The molecule has 0 nitrogen and oxygen atoms in total. The molecule has 0 aromatic heterocycles. The molecule has 0 aliphatic rings. The lowest BCUT2D eigenvalue weighted by molar-refractivity contribution is 1.72. The van der Waals surface area contributed by atoms with E-state index >= 15 is 0 Å². The third-order valence-electron chi connectivity index (χ3n) is 7.19. The van der Waals surface area contributed by atoms with Crippen molar-refractivity contribution in [3.63, 3.8) is 0 Å². The van der Waals surface area contributed by atoms with Gasteiger partial charge in [0.15, 0.2) is 0 Å². The monoisotopic (exact) mass is 456 g/mol. The Hall–Kier alpha value is -4.68. The first-order chi connectivity index (χ1) is 17.8. The molecule has 0 N–H and O–H groups in total. The van der Waals surface area contributed by atoms with Crippen LogP contribution in [0.25, 0.3) is 64.6 Å². The molecule has 0 bridgehead atoms. The molecule has 0 fully saturated rings. The van der Waals surface area contributed by atoms with Crippen LogP contribution in [0.4, 0.5) is 0 Å². The van der Waals surface area contributed by atoms with Crippen molar-refractivity contribution in [1.82, 2.24) is 0 Å². The second-order valence-electron chi connectivity index (χ2n) is 9.39. The van der Waals surface area contributed by atoms with Crippen LogP contribution in [0.15, 0.2) is 146 Å². The molecule has 0 saturated heterocycles. The molecule has 168 valence electrons. The van der Waals surface area contributed by atoms with Gasteiger partial charge in [0, 0.05) is 0 Å². The van der Waals surface area contributed by atoms with Crippen molar-refractivity contribution in [2.24, 2.45) is 0 Å². The van der Waals surface area contributed by atoms with Crippen molar-refractivity contribution in [2.75, 3.05) is 0 Å². The van der Waals surface area contributed by atoms with Gasteiger partial charge in [0.25, 0.3) is 0 Å². The molecule has 0 atom stereocenters. The molecule has 0 heterocycles. The van der Waals surface area contributed by atoms with Crippen LogP contribution in [0.2, 0.25) is 0 Å². The fourth-order valence-electron chi connectivity index (χ4n) is 5.44. The Balaban J connectivity index is 0.000000325. The quantitative estimate of drug-likeness (QED) is 0.157. The average molecular weight is 457 g/mol. The molecule has 36 heavy (non-hydrogen) atoms. The van der Waals surface area contributed by atoms with Crippen LogP contribution in [-0.4, -0.2) is 0 Å². The first kappa shape index (κ1) is 20.7. The van der Waals surface area contributed by atoms with Crippen LogP contribution in [0.3, 0.4) is 0 Å². The Bertz CT molecular complexity index is 1630. The Kier molecular flexibility index (Phi) is 4.89. The van der Waals surface area contributed by atoms with Gasteiger partial charge in [-0.05, 0) is 101 Å². The lowest BCUT2D eigenvalue weighted by atomic mass is 9.89. The first-order valence-corrected chi connectivity index (χ1v) is 12.4. The predicted molar refractivity (Wildman–Crippen MR) is 158 cm³/mol. The summed E-state index contributed by atoms with van der Waals surface area (Å²) in [5, 5.41) is 15.7. The van der Waals surface area contributed by atoms with Gasteiger partial charge in [-0.3, -0.25) is 0 Å². The Labute approximate surface area is 210 Å². The largest absolute Gasteiger partial charge is 0.0623 e. The van der Waals surface area contributed by atoms with E-state index in [4.69, 9.17) is 0 Å². The summed E-state index contributed by atoms with van der Waals surface area (Å²) in [5.41, 5.74) is 0.